The maximum absolute atomic E-state index is 10.9. The Balaban J connectivity index is 1.42. The Kier molecular flexibility index (Phi) is 6.76. The molecule has 6 nitrogen and oxygen atoms in total. The van der Waals surface area contributed by atoms with Gasteiger partial charge in [-0.25, -0.2) is 4.98 Å². The van der Waals surface area contributed by atoms with E-state index in [0.29, 0.717) is 12.4 Å². The van der Waals surface area contributed by atoms with Crippen LogP contribution in [-0.2, 0) is 17.8 Å². The molecule has 0 aliphatic carbocycles. The standard InChI is InChI=1S/C27H26N4O2/c1-18-6-10-20(11-7-18)23-5-3-2-4-22(23)15-30-26-17-29-25(16-31-26)21-12-8-19(9-13-21)14-24(28)27(32)33/h2-13,16-17,24H,14-15,28H2,1H3,(H,30,31)(H,32,33). The summed E-state index contributed by atoms with van der Waals surface area (Å²) < 4.78 is 0. The first kappa shape index (κ1) is 22.2. The van der Waals surface area contributed by atoms with Crippen LogP contribution in [0, 0.1) is 6.92 Å². The minimum absolute atomic E-state index is 0.286. The van der Waals surface area contributed by atoms with Gasteiger partial charge in [0.15, 0.2) is 0 Å². The van der Waals surface area contributed by atoms with Crippen molar-refractivity contribution in [3.63, 3.8) is 0 Å². The summed E-state index contributed by atoms with van der Waals surface area (Å²) in [7, 11) is 0. The van der Waals surface area contributed by atoms with Gasteiger partial charge in [0.25, 0.3) is 0 Å². The normalized spacial score (nSPS) is 11.7. The molecule has 0 radical (unpaired) electrons. The Morgan fingerprint density at radius 2 is 1.64 bits per heavy atom. The number of anilines is 1. The van der Waals surface area contributed by atoms with Crippen molar-refractivity contribution in [1.29, 1.82) is 0 Å². The second-order valence-electron chi connectivity index (χ2n) is 8.01. The summed E-state index contributed by atoms with van der Waals surface area (Å²) >= 11 is 0. The lowest BCUT2D eigenvalue weighted by molar-refractivity contribution is -0.138. The molecule has 1 aromatic heterocycles. The minimum Gasteiger partial charge on any atom is -0.480 e. The van der Waals surface area contributed by atoms with Crippen LogP contribution >= 0.6 is 0 Å². The van der Waals surface area contributed by atoms with Crippen molar-refractivity contribution in [2.24, 2.45) is 5.73 Å². The smallest absolute Gasteiger partial charge is 0.320 e. The predicted octanol–water partition coefficient (Wildman–Crippen LogP) is 4.69. The highest BCUT2D eigenvalue weighted by Crippen LogP contribution is 2.25. The molecule has 0 saturated carbocycles. The van der Waals surface area contributed by atoms with E-state index in [1.165, 1.54) is 22.3 Å². The third kappa shape index (κ3) is 5.61. The molecule has 1 unspecified atom stereocenters. The summed E-state index contributed by atoms with van der Waals surface area (Å²) in [6, 6.07) is 23.5. The third-order valence-electron chi connectivity index (χ3n) is 5.51. The van der Waals surface area contributed by atoms with Gasteiger partial charge in [-0.1, -0.05) is 78.4 Å². The topological polar surface area (TPSA) is 101 Å². The van der Waals surface area contributed by atoms with E-state index in [-0.39, 0.29) is 6.42 Å². The van der Waals surface area contributed by atoms with E-state index in [1.54, 1.807) is 12.4 Å². The molecule has 6 heteroatoms. The number of rotatable bonds is 8. The summed E-state index contributed by atoms with van der Waals surface area (Å²) in [6.45, 7) is 2.72. The Morgan fingerprint density at radius 1 is 0.939 bits per heavy atom. The average Bonchev–Trinajstić information content (AvgIpc) is 2.84. The Labute approximate surface area is 193 Å². The summed E-state index contributed by atoms with van der Waals surface area (Å²) in [5.74, 6) is -0.309. The van der Waals surface area contributed by atoms with Gasteiger partial charge < -0.3 is 16.2 Å². The van der Waals surface area contributed by atoms with Gasteiger partial charge in [0.1, 0.15) is 11.9 Å². The molecule has 0 amide bonds. The highest BCUT2D eigenvalue weighted by atomic mass is 16.4. The van der Waals surface area contributed by atoms with E-state index in [1.807, 2.05) is 36.4 Å². The lowest BCUT2D eigenvalue weighted by atomic mass is 9.99. The Morgan fingerprint density at radius 3 is 2.30 bits per heavy atom. The quantitative estimate of drug-likeness (QED) is 0.369. The van der Waals surface area contributed by atoms with Crippen LogP contribution in [0.4, 0.5) is 5.82 Å². The molecular formula is C27H26N4O2. The molecule has 4 aromatic rings. The third-order valence-corrected chi connectivity index (χ3v) is 5.51. The molecule has 33 heavy (non-hydrogen) atoms. The summed E-state index contributed by atoms with van der Waals surface area (Å²) in [6.07, 6.45) is 3.73. The number of hydrogen-bond acceptors (Lipinski definition) is 5. The largest absolute Gasteiger partial charge is 0.480 e. The lowest BCUT2D eigenvalue weighted by Gasteiger charge is -2.12. The van der Waals surface area contributed by atoms with E-state index in [0.717, 1.165) is 16.8 Å². The molecule has 0 fully saturated rings. The molecule has 0 saturated heterocycles. The van der Waals surface area contributed by atoms with Gasteiger partial charge in [0.05, 0.1) is 18.1 Å². The number of carbonyl (C=O) groups is 1. The number of nitrogens with two attached hydrogens (primary N) is 1. The molecular weight excluding hydrogens is 412 g/mol. The molecule has 4 rings (SSSR count). The van der Waals surface area contributed by atoms with Crippen molar-refractivity contribution in [3.8, 4) is 22.4 Å². The maximum Gasteiger partial charge on any atom is 0.320 e. The van der Waals surface area contributed by atoms with Gasteiger partial charge in [-0.05, 0) is 35.6 Å². The van der Waals surface area contributed by atoms with Crippen LogP contribution < -0.4 is 11.1 Å². The van der Waals surface area contributed by atoms with Crippen molar-refractivity contribution < 1.29 is 9.90 Å². The number of nitrogens with one attached hydrogen (secondary N) is 1. The Bertz CT molecular complexity index is 1220. The molecule has 3 aromatic carbocycles. The first-order chi connectivity index (χ1) is 16.0. The van der Waals surface area contributed by atoms with Gasteiger partial charge in [-0.3, -0.25) is 9.78 Å². The van der Waals surface area contributed by atoms with Crippen molar-refractivity contribution in [1.82, 2.24) is 9.97 Å². The summed E-state index contributed by atoms with van der Waals surface area (Å²) in [4.78, 5) is 20.0. The monoisotopic (exact) mass is 438 g/mol. The zero-order valence-electron chi connectivity index (χ0n) is 18.4. The summed E-state index contributed by atoms with van der Waals surface area (Å²) in [5, 5.41) is 12.3. The van der Waals surface area contributed by atoms with E-state index < -0.39 is 12.0 Å². The first-order valence-corrected chi connectivity index (χ1v) is 10.8. The maximum atomic E-state index is 10.9. The number of hydrogen-bond donors (Lipinski definition) is 3. The number of benzene rings is 3. The van der Waals surface area contributed by atoms with Crippen LogP contribution in [0.15, 0.2) is 85.2 Å². The number of nitrogens with zero attached hydrogens (tertiary/aromatic N) is 2. The molecule has 1 heterocycles. The molecule has 0 spiro atoms. The van der Waals surface area contributed by atoms with Gasteiger partial charge in [-0.15, -0.1) is 0 Å². The van der Waals surface area contributed by atoms with Crippen molar-refractivity contribution in [2.75, 3.05) is 5.32 Å². The highest BCUT2D eigenvalue weighted by Gasteiger charge is 2.12. The predicted molar refractivity (Wildman–Crippen MR) is 131 cm³/mol. The number of aliphatic carboxylic acids is 1. The molecule has 166 valence electrons. The van der Waals surface area contributed by atoms with Gasteiger partial charge >= 0.3 is 5.97 Å². The number of aromatic nitrogens is 2. The van der Waals surface area contributed by atoms with E-state index in [4.69, 9.17) is 10.8 Å². The fraction of sp³-hybridized carbons (Fsp3) is 0.148. The fourth-order valence-electron chi connectivity index (χ4n) is 3.60. The summed E-state index contributed by atoms with van der Waals surface area (Å²) in [5.41, 5.74) is 12.9. The Hall–Kier alpha value is -4.03. The number of carboxylic acid groups (broad SMARTS) is 1. The molecule has 4 N–H and O–H groups in total. The van der Waals surface area contributed by atoms with E-state index in [9.17, 15) is 4.79 Å². The fourth-order valence-corrected chi connectivity index (χ4v) is 3.60. The van der Waals surface area contributed by atoms with Gasteiger partial charge in [0, 0.05) is 12.1 Å². The van der Waals surface area contributed by atoms with Crippen LogP contribution in [0.1, 0.15) is 16.7 Å². The van der Waals surface area contributed by atoms with E-state index in [2.05, 4.69) is 58.6 Å². The van der Waals surface area contributed by atoms with E-state index >= 15 is 0 Å². The van der Waals surface area contributed by atoms with Crippen LogP contribution in [0.25, 0.3) is 22.4 Å². The van der Waals surface area contributed by atoms with Crippen LogP contribution in [0.3, 0.4) is 0 Å². The second-order valence-corrected chi connectivity index (χ2v) is 8.01. The number of aryl methyl sites for hydroxylation is 1. The number of carboxylic acids is 1. The van der Waals surface area contributed by atoms with Crippen LogP contribution in [0.5, 0.6) is 0 Å². The average molecular weight is 439 g/mol. The SMILES string of the molecule is Cc1ccc(-c2ccccc2CNc2cnc(-c3ccc(CC(N)C(=O)O)cc3)cn2)cc1. The molecule has 0 aliphatic heterocycles. The molecule has 1 atom stereocenters. The zero-order chi connectivity index (χ0) is 23.2. The first-order valence-electron chi connectivity index (χ1n) is 10.8. The van der Waals surface area contributed by atoms with Crippen molar-refractivity contribution >= 4 is 11.8 Å². The zero-order valence-corrected chi connectivity index (χ0v) is 18.4. The second kappa shape index (κ2) is 10.1. The van der Waals surface area contributed by atoms with Crippen LogP contribution in [0.2, 0.25) is 0 Å². The van der Waals surface area contributed by atoms with Gasteiger partial charge in [0.2, 0.25) is 0 Å². The molecule has 0 aliphatic rings. The van der Waals surface area contributed by atoms with Crippen molar-refractivity contribution in [2.45, 2.75) is 25.9 Å². The van der Waals surface area contributed by atoms with Gasteiger partial charge in [-0.2, -0.15) is 0 Å². The highest BCUT2D eigenvalue weighted by molar-refractivity contribution is 5.73. The van der Waals surface area contributed by atoms with Crippen molar-refractivity contribution in [3.05, 3.63) is 102 Å². The van der Waals surface area contributed by atoms with Crippen LogP contribution in [-0.4, -0.2) is 27.1 Å². The lowest BCUT2D eigenvalue weighted by Crippen LogP contribution is -2.32. The molecule has 0 bridgehead atoms. The minimum atomic E-state index is -1.01.